The smallest absolute Gasteiger partial charge is 0.233 e. The van der Waals surface area contributed by atoms with Gasteiger partial charge < -0.3 is 14.8 Å². The maximum Gasteiger partial charge on any atom is 0.233 e. The normalized spacial score (nSPS) is 16.4. The number of thioether (sulfide) groups is 1. The highest BCUT2D eigenvalue weighted by Gasteiger charge is 2.27. The number of halogens is 1. The summed E-state index contributed by atoms with van der Waals surface area (Å²) >= 11 is 1.36. The molecule has 0 saturated heterocycles. The van der Waals surface area contributed by atoms with Crippen LogP contribution in [0.1, 0.15) is 50.6 Å². The number of hydrogen-bond acceptors (Lipinski definition) is 6. The first-order valence-electron chi connectivity index (χ1n) is 11.6. The molecule has 178 valence electrons. The molecule has 1 aliphatic heterocycles. The summed E-state index contributed by atoms with van der Waals surface area (Å²) < 4.78 is 27.4. The topological polar surface area (TPSA) is 78.3 Å². The highest BCUT2D eigenvalue weighted by atomic mass is 32.2. The van der Waals surface area contributed by atoms with Gasteiger partial charge in [-0.05, 0) is 49.6 Å². The van der Waals surface area contributed by atoms with Crippen molar-refractivity contribution in [3.8, 4) is 22.9 Å². The molecule has 3 aromatic rings. The van der Waals surface area contributed by atoms with Crippen molar-refractivity contribution in [1.29, 1.82) is 0 Å². The van der Waals surface area contributed by atoms with Crippen LogP contribution in [-0.4, -0.2) is 32.7 Å². The fourth-order valence-corrected chi connectivity index (χ4v) is 5.39. The van der Waals surface area contributed by atoms with Crippen LogP contribution in [0.3, 0.4) is 0 Å². The van der Waals surface area contributed by atoms with Crippen molar-refractivity contribution in [3.63, 3.8) is 0 Å². The number of amides is 1. The molecule has 1 N–H and O–H groups in total. The van der Waals surface area contributed by atoms with Crippen molar-refractivity contribution in [2.75, 3.05) is 6.79 Å². The lowest BCUT2D eigenvalue weighted by Gasteiger charge is -2.26. The van der Waals surface area contributed by atoms with Crippen LogP contribution < -0.4 is 14.8 Å². The molecule has 1 saturated carbocycles. The first-order chi connectivity index (χ1) is 16.6. The minimum Gasteiger partial charge on any atom is -0.454 e. The second-order valence-electron chi connectivity index (χ2n) is 8.61. The highest BCUT2D eigenvalue weighted by molar-refractivity contribution is 8.00. The number of rotatable bonds is 7. The Hall–Kier alpha value is -3.07. The maximum atomic E-state index is 14.6. The van der Waals surface area contributed by atoms with Gasteiger partial charge in [0.25, 0.3) is 0 Å². The lowest BCUT2D eigenvalue weighted by atomic mass is 9.95. The van der Waals surface area contributed by atoms with E-state index in [4.69, 9.17) is 9.47 Å². The van der Waals surface area contributed by atoms with Gasteiger partial charge in [-0.1, -0.05) is 49.2 Å². The molecule has 1 aliphatic carbocycles. The molecular formula is C25H27FN4O3S. The van der Waals surface area contributed by atoms with E-state index < -0.39 is 5.25 Å². The third kappa shape index (κ3) is 4.75. The molecule has 1 aromatic heterocycles. The van der Waals surface area contributed by atoms with E-state index >= 15 is 0 Å². The lowest BCUT2D eigenvalue weighted by molar-refractivity contribution is -0.120. The minimum atomic E-state index is -0.394. The van der Waals surface area contributed by atoms with Crippen LogP contribution in [-0.2, 0) is 11.3 Å². The van der Waals surface area contributed by atoms with Crippen LogP contribution in [0.25, 0.3) is 11.4 Å². The molecule has 0 spiro atoms. The molecule has 1 fully saturated rings. The second-order valence-corrected chi connectivity index (χ2v) is 9.92. The Bertz CT molecular complexity index is 1180. The van der Waals surface area contributed by atoms with E-state index in [0.29, 0.717) is 34.6 Å². The van der Waals surface area contributed by atoms with Crippen molar-refractivity contribution in [1.82, 2.24) is 20.1 Å². The standard InChI is InChI=1S/C25H27FN4O3S/c1-16(24(31)27-14-17-11-12-21-22(13-17)33-15-32-21)34-25-29-28-23(19-9-5-6-10-20(19)26)30(25)18-7-3-2-4-8-18/h5-6,9-13,16,18H,2-4,7-8,14-15H2,1H3,(H,27,31). The molecule has 9 heteroatoms. The first-order valence-corrected chi connectivity index (χ1v) is 12.5. The van der Waals surface area contributed by atoms with Gasteiger partial charge >= 0.3 is 0 Å². The number of ether oxygens (including phenoxy) is 2. The molecule has 1 atom stereocenters. The molecule has 1 amide bonds. The Morgan fingerprint density at radius 3 is 2.76 bits per heavy atom. The highest BCUT2D eigenvalue weighted by Crippen LogP contribution is 2.37. The average Bonchev–Trinajstić information content (AvgIpc) is 3.50. The van der Waals surface area contributed by atoms with Gasteiger partial charge in [0.2, 0.25) is 12.7 Å². The largest absolute Gasteiger partial charge is 0.454 e. The average molecular weight is 483 g/mol. The summed E-state index contributed by atoms with van der Waals surface area (Å²) in [5.74, 6) is 1.51. The zero-order chi connectivity index (χ0) is 23.5. The number of fused-ring (bicyclic) bond motifs is 1. The minimum absolute atomic E-state index is 0.103. The number of carbonyl (C=O) groups is 1. The Balaban J connectivity index is 1.31. The zero-order valence-electron chi connectivity index (χ0n) is 19.0. The molecular weight excluding hydrogens is 455 g/mol. The van der Waals surface area contributed by atoms with Gasteiger partial charge in [-0.3, -0.25) is 9.36 Å². The fraction of sp³-hybridized carbons (Fsp3) is 0.400. The third-order valence-electron chi connectivity index (χ3n) is 6.27. The van der Waals surface area contributed by atoms with E-state index in [1.807, 2.05) is 29.7 Å². The molecule has 0 radical (unpaired) electrons. The molecule has 2 aliphatic rings. The summed E-state index contributed by atoms with van der Waals surface area (Å²) in [5.41, 5.74) is 1.37. The third-order valence-corrected chi connectivity index (χ3v) is 7.33. The predicted octanol–water partition coefficient (Wildman–Crippen LogP) is 5.12. The van der Waals surface area contributed by atoms with E-state index in [0.717, 1.165) is 31.2 Å². The van der Waals surface area contributed by atoms with Crippen LogP contribution in [0.4, 0.5) is 4.39 Å². The zero-order valence-corrected chi connectivity index (χ0v) is 19.8. The number of nitrogens with one attached hydrogen (secondary N) is 1. The van der Waals surface area contributed by atoms with Gasteiger partial charge in [0.15, 0.2) is 22.5 Å². The SMILES string of the molecule is CC(Sc1nnc(-c2ccccc2F)n1C1CCCCC1)C(=O)NCc1ccc2c(c1)OCO2. The van der Waals surface area contributed by atoms with Crippen LogP contribution in [0.5, 0.6) is 11.5 Å². The van der Waals surface area contributed by atoms with Gasteiger partial charge in [0.1, 0.15) is 5.82 Å². The summed E-state index contributed by atoms with van der Waals surface area (Å²) in [5, 5.41) is 12.0. The van der Waals surface area contributed by atoms with Crippen LogP contribution in [0.2, 0.25) is 0 Å². The second kappa shape index (κ2) is 10.0. The van der Waals surface area contributed by atoms with Crippen molar-refractivity contribution >= 4 is 17.7 Å². The number of nitrogens with zero attached hydrogens (tertiary/aromatic N) is 3. The van der Waals surface area contributed by atoms with Gasteiger partial charge in [-0.2, -0.15) is 0 Å². The van der Waals surface area contributed by atoms with Crippen molar-refractivity contribution in [3.05, 3.63) is 53.8 Å². The maximum absolute atomic E-state index is 14.6. The first kappa shape index (κ1) is 22.7. The molecule has 0 bridgehead atoms. The number of carbonyl (C=O) groups excluding carboxylic acids is 1. The Labute approximate surface area is 202 Å². The van der Waals surface area contributed by atoms with Crippen LogP contribution in [0, 0.1) is 5.82 Å². The van der Waals surface area contributed by atoms with Gasteiger partial charge in [-0.15, -0.1) is 10.2 Å². The molecule has 2 aromatic carbocycles. The van der Waals surface area contributed by atoms with E-state index in [1.54, 1.807) is 18.2 Å². The number of aromatic nitrogens is 3. The van der Waals surface area contributed by atoms with Crippen LogP contribution >= 0.6 is 11.8 Å². The van der Waals surface area contributed by atoms with Gasteiger partial charge in [-0.25, -0.2) is 4.39 Å². The monoisotopic (exact) mass is 482 g/mol. The quantitative estimate of drug-likeness (QED) is 0.471. The Morgan fingerprint density at radius 2 is 1.94 bits per heavy atom. The van der Waals surface area contributed by atoms with E-state index in [9.17, 15) is 9.18 Å². The Kier molecular flexibility index (Phi) is 6.71. The molecule has 34 heavy (non-hydrogen) atoms. The molecule has 2 heterocycles. The van der Waals surface area contributed by atoms with Crippen molar-refractivity contribution in [2.45, 2.75) is 62.0 Å². The summed E-state index contributed by atoms with van der Waals surface area (Å²) in [4.78, 5) is 12.9. The summed E-state index contributed by atoms with van der Waals surface area (Å²) in [7, 11) is 0. The summed E-state index contributed by atoms with van der Waals surface area (Å²) in [6.45, 7) is 2.45. The van der Waals surface area contributed by atoms with Crippen molar-refractivity contribution in [2.24, 2.45) is 0 Å². The molecule has 7 nitrogen and oxygen atoms in total. The number of benzene rings is 2. The number of hydrogen-bond donors (Lipinski definition) is 1. The van der Waals surface area contributed by atoms with Gasteiger partial charge in [0.05, 0.1) is 10.8 Å². The lowest BCUT2D eigenvalue weighted by Crippen LogP contribution is -2.30. The van der Waals surface area contributed by atoms with Crippen LogP contribution in [0.15, 0.2) is 47.6 Å². The van der Waals surface area contributed by atoms with E-state index in [-0.39, 0.29) is 24.6 Å². The van der Waals surface area contributed by atoms with Crippen molar-refractivity contribution < 1.29 is 18.7 Å². The summed E-state index contributed by atoms with van der Waals surface area (Å²) in [6, 6.07) is 12.5. The summed E-state index contributed by atoms with van der Waals surface area (Å²) in [6.07, 6.45) is 5.44. The van der Waals surface area contributed by atoms with E-state index in [1.165, 1.54) is 24.2 Å². The molecule has 5 rings (SSSR count). The Morgan fingerprint density at radius 1 is 1.15 bits per heavy atom. The predicted molar refractivity (Wildman–Crippen MR) is 127 cm³/mol. The fourth-order valence-electron chi connectivity index (χ4n) is 4.45. The van der Waals surface area contributed by atoms with E-state index in [2.05, 4.69) is 15.5 Å². The molecule has 1 unspecified atom stereocenters. The van der Waals surface area contributed by atoms with Gasteiger partial charge in [0, 0.05) is 12.6 Å².